The summed E-state index contributed by atoms with van der Waals surface area (Å²) in [5.74, 6) is -1.21. The predicted molar refractivity (Wildman–Crippen MR) is 71.4 cm³/mol. The molecule has 0 aliphatic carbocycles. The Kier molecular flexibility index (Phi) is 4.88. The SMILES string of the molecule is COc1cc(NC(=O)C(N)C(C)C)ccc1C(=O)O. The van der Waals surface area contributed by atoms with Crippen molar-refractivity contribution in [2.75, 3.05) is 12.4 Å². The Morgan fingerprint density at radius 2 is 2.00 bits per heavy atom. The Bertz CT molecular complexity index is 486. The molecule has 1 rings (SSSR count). The first-order chi connectivity index (χ1) is 8.86. The van der Waals surface area contributed by atoms with Crippen LogP contribution < -0.4 is 15.8 Å². The summed E-state index contributed by atoms with van der Waals surface area (Å²) in [6.07, 6.45) is 0. The average Bonchev–Trinajstić information content (AvgIpc) is 2.36. The van der Waals surface area contributed by atoms with Crippen LogP contribution in [0.25, 0.3) is 0 Å². The van der Waals surface area contributed by atoms with E-state index in [2.05, 4.69) is 5.32 Å². The maximum atomic E-state index is 11.8. The molecule has 1 amide bonds. The van der Waals surface area contributed by atoms with Crippen LogP contribution in [0, 0.1) is 5.92 Å². The molecule has 19 heavy (non-hydrogen) atoms. The number of hydrogen-bond acceptors (Lipinski definition) is 4. The molecule has 0 spiro atoms. The fourth-order valence-electron chi connectivity index (χ4n) is 1.47. The van der Waals surface area contributed by atoms with Crippen LogP contribution in [0.15, 0.2) is 18.2 Å². The first-order valence-corrected chi connectivity index (χ1v) is 5.84. The molecule has 1 aromatic rings. The Balaban J connectivity index is 2.92. The standard InChI is InChI=1S/C13H18N2O4/c1-7(2)11(14)12(16)15-8-4-5-9(13(17)18)10(6-8)19-3/h4-7,11H,14H2,1-3H3,(H,15,16)(H,17,18). The van der Waals surface area contributed by atoms with Crippen LogP contribution in [-0.2, 0) is 4.79 Å². The minimum Gasteiger partial charge on any atom is -0.496 e. The second kappa shape index (κ2) is 6.19. The number of ether oxygens (including phenoxy) is 1. The van der Waals surface area contributed by atoms with Gasteiger partial charge in [-0.15, -0.1) is 0 Å². The molecular formula is C13H18N2O4. The van der Waals surface area contributed by atoms with Gasteiger partial charge in [0.25, 0.3) is 0 Å². The van der Waals surface area contributed by atoms with Gasteiger partial charge in [-0.2, -0.15) is 0 Å². The molecule has 1 unspecified atom stereocenters. The number of benzene rings is 1. The van der Waals surface area contributed by atoms with Crippen LogP contribution in [0.2, 0.25) is 0 Å². The van der Waals surface area contributed by atoms with E-state index in [1.54, 1.807) is 0 Å². The number of rotatable bonds is 5. The van der Waals surface area contributed by atoms with Gasteiger partial charge in [-0.05, 0) is 18.1 Å². The molecule has 104 valence electrons. The third-order valence-electron chi connectivity index (χ3n) is 2.72. The number of aromatic carboxylic acids is 1. The number of carboxylic acid groups (broad SMARTS) is 1. The van der Waals surface area contributed by atoms with Crippen molar-refractivity contribution in [3.8, 4) is 5.75 Å². The molecule has 1 aromatic carbocycles. The second-order valence-electron chi connectivity index (χ2n) is 4.48. The molecule has 0 saturated heterocycles. The average molecular weight is 266 g/mol. The predicted octanol–water partition coefficient (Wildman–Crippen LogP) is 1.32. The highest BCUT2D eigenvalue weighted by Gasteiger charge is 2.18. The lowest BCUT2D eigenvalue weighted by Gasteiger charge is -2.16. The Morgan fingerprint density at radius 3 is 2.47 bits per heavy atom. The number of hydrogen-bond donors (Lipinski definition) is 3. The summed E-state index contributed by atoms with van der Waals surface area (Å²) in [4.78, 5) is 22.7. The molecular weight excluding hydrogens is 248 g/mol. The summed E-state index contributed by atoms with van der Waals surface area (Å²) < 4.78 is 4.97. The molecule has 0 aliphatic rings. The fourth-order valence-corrected chi connectivity index (χ4v) is 1.47. The van der Waals surface area contributed by atoms with Gasteiger partial charge < -0.3 is 20.9 Å². The largest absolute Gasteiger partial charge is 0.496 e. The van der Waals surface area contributed by atoms with Crippen LogP contribution in [-0.4, -0.2) is 30.1 Å². The van der Waals surface area contributed by atoms with Crippen molar-refractivity contribution in [3.63, 3.8) is 0 Å². The normalized spacial score (nSPS) is 12.1. The monoisotopic (exact) mass is 266 g/mol. The molecule has 0 bridgehead atoms. The molecule has 0 saturated carbocycles. The van der Waals surface area contributed by atoms with Crippen LogP contribution >= 0.6 is 0 Å². The molecule has 4 N–H and O–H groups in total. The van der Waals surface area contributed by atoms with Crippen LogP contribution in [0.1, 0.15) is 24.2 Å². The Labute approximate surface area is 111 Å². The molecule has 0 aromatic heterocycles. The number of nitrogens with two attached hydrogens (primary N) is 1. The molecule has 0 fully saturated rings. The van der Waals surface area contributed by atoms with E-state index in [4.69, 9.17) is 15.6 Å². The summed E-state index contributed by atoms with van der Waals surface area (Å²) in [5, 5.41) is 11.6. The molecule has 1 atom stereocenters. The van der Waals surface area contributed by atoms with Crippen molar-refractivity contribution in [2.24, 2.45) is 11.7 Å². The zero-order chi connectivity index (χ0) is 14.6. The lowest BCUT2D eigenvalue weighted by atomic mass is 10.0. The van der Waals surface area contributed by atoms with Gasteiger partial charge in [0.2, 0.25) is 5.91 Å². The molecule has 0 heterocycles. The van der Waals surface area contributed by atoms with E-state index in [1.165, 1.54) is 25.3 Å². The highest BCUT2D eigenvalue weighted by atomic mass is 16.5. The third-order valence-corrected chi connectivity index (χ3v) is 2.72. The fraction of sp³-hybridized carbons (Fsp3) is 0.385. The van der Waals surface area contributed by atoms with Gasteiger partial charge >= 0.3 is 5.97 Å². The van der Waals surface area contributed by atoms with Crippen molar-refractivity contribution in [1.82, 2.24) is 0 Å². The Hall–Kier alpha value is -2.08. The summed E-state index contributed by atoms with van der Waals surface area (Å²) in [5.41, 5.74) is 6.20. The van der Waals surface area contributed by atoms with E-state index in [0.29, 0.717) is 5.69 Å². The van der Waals surface area contributed by atoms with Crippen molar-refractivity contribution in [2.45, 2.75) is 19.9 Å². The lowest BCUT2D eigenvalue weighted by molar-refractivity contribution is -0.118. The van der Waals surface area contributed by atoms with Gasteiger partial charge in [0.1, 0.15) is 11.3 Å². The third kappa shape index (κ3) is 3.69. The number of methoxy groups -OCH3 is 1. The van der Waals surface area contributed by atoms with Gasteiger partial charge in [-0.25, -0.2) is 4.79 Å². The zero-order valence-electron chi connectivity index (χ0n) is 11.1. The van der Waals surface area contributed by atoms with Crippen LogP contribution in [0.3, 0.4) is 0 Å². The van der Waals surface area contributed by atoms with E-state index in [0.717, 1.165) is 0 Å². The Morgan fingerprint density at radius 1 is 1.37 bits per heavy atom. The topological polar surface area (TPSA) is 102 Å². The summed E-state index contributed by atoms with van der Waals surface area (Å²) in [6, 6.07) is 3.70. The highest BCUT2D eigenvalue weighted by Crippen LogP contribution is 2.23. The number of anilines is 1. The number of nitrogens with one attached hydrogen (secondary N) is 1. The van der Waals surface area contributed by atoms with Crippen LogP contribution in [0.4, 0.5) is 5.69 Å². The lowest BCUT2D eigenvalue weighted by Crippen LogP contribution is -2.39. The minimum absolute atomic E-state index is 0.0141. The van der Waals surface area contributed by atoms with Crippen LogP contribution in [0.5, 0.6) is 5.75 Å². The first-order valence-electron chi connectivity index (χ1n) is 5.84. The minimum atomic E-state index is -1.09. The van der Waals surface area contributed by atoms with Crippen molar-refractivity contribution in [3.05, 3.63) is 23.8 Å². The van der Waals surface area contributed by atoms with Crippen molar-refractivity contribution >= 4 is 17.6 Å². The zero-order valence-corrected chi connectivity index (χ0v) is 11.1. The number of carbonyl (C=O) groups excluding carboxylic acids is 1. The van der Waals surface area contributed by atoms with Gasteiger partial charge in [0.05, 0.1) is 13.2 Å². The highest BCUT2D eigenvalue weighted by molar-refractivity contribution is 5.96. The van der Waals surface area contributed by atoms with E-state index >= 15 is 0 Å². The van der Waals surface area contributed by atoms with Crippen molar-refractivity contribution < 1.29 is 19.4 Å². The van der Waals surface area contributed by atoms with Gasteiger partial charge in [-0.1, -0.05) is 13.8 Å². The maximum absolute atomic E-state index is 11.8. The summed E-state index contributed by atoms with van der Waals surface area (Å²) in [7, 11) is 1.37. The maximum Gasteiger partial charge on any atom is 0.339 e. The number of carboxylic acids is 1. The molecule has 6 nitrogen and oxygen atoms in total. The van der Waals surface area contributed by atoms with E-state index in [1.807, 2.05) is 13.8 Å². The van der Waals surface area contributed by atoms with Gasteiger partial charge in [-0.3, -0.25) is 4.79 Å². The van der Waals surface area contributed by atoms with E-state index in [-0.39, 0.29) is 23.1 Å². The van der Waals surface area contributed by atoms with Crippen molar-refractivity contribution in [1.29, 1.82) is 0 Å². The molecule has 0 aliphatic heterocycles. The first kappa shape index (κ1) is 15.0. The van der Waals surface area contributed by atoms with Gasteiger partial charge in [0.15, 0.2) is 0 Å². The number of carbonyl (C=O) groups is 2. The quantitative estimate of drug-likeness (QED) is 0.746. The van der Waals surface area contributed by atoms with Gasteiger partial charge in [0, 0.05) is 11.8 Å². The smallest absolute Gasteiger partial charge is 0.339 e. The van der Waals surface area contributed by atoms with E-state index < -0.39 is 12.0 Å². The summed E-state index contributed by atoms with van der Waals surface area (Å²) >= 11 is 0. The molecule has 6 heteroatoms. The summed E-state index contributed by atoms with van der Waals surface area (Å²) in [6.45, 7) is 3.69. The second-order valence-corrected chi connectivity index (χ2v) is 4.48. The molecule has 0 radical (unpaired) electrons. The van der Waals surface area contributed by atoms with E-state index in [9.17, 15) is 9.59 Å². The number of amides is 1.